The van der Waals surface area contributed by atoms with Crippen LogP contribution in [0.15, 0.2) is 152 Å². The van der Waals surface area contributed by atoms with E-state index in [4.69, 9.17) is 28.4 Å². The predicted molar refractivity (Wildman–Crippen MR) is 244 cm³/mol. The maximum absolute atomic E-state index is 13.3. The Balaban J connectivity index is 0.000000302. The van der Waals surface area contributed by atoms with E-state index in [0.717, 1.165) is 25.7 Å². The fourth-order valence-electron chi connectivity index (χ4n) is 6.58. The van der Waals surface area contributed by atoms with Gasteiger partial charge in [-0.05, 0) is 86.8 Å². The summed E-state index contributed by atoms with van der Waals surface area (Å²) in [6.45, 7) is 7.83. The SMILES string of the molecule is CC(=O)OC(C)C(C)(COC(=O)c1ccccc1)OC(=O)c1ccccc1.CCCCC(CC)CC(COC(=O)c1ccccc1)(COC(=O)c1ccccc1)OC(=O)c1ccccc1. The minimum Gasteiger partial charge on any atom is -0.458 e. The van der Waals surface area contributed by atoms with Crippen LogP contribution in [-0.2, 0) is 33.2 Å². The van der Waals surface area contributed by atoms with Gasteiger partial charge in [-0.1, -0.05) is 131 Å². The van der Waals surface area contributed by atoms with Gasteiger partial charge in [-0.25, -0.2) is 24.0 Å². The van der Waals surface area contributed by atoms with Crippen LogP contribution in [0.1, 0.15) is 119 Å². The fourth-order valence-corrected chi connectivity index (χ4v) is 6.58. The summed E-state index contributed by atoms with van der Waals surface area (Å²) >= 11 is 0. The Morgan fingerprint density at radius 1 is 0.492 bits per heavy atom. The van der Waals surface area contributed by atoms with E-state index < -0.39 is 53.1 Å². The molecule has 5 rings (SSSR count). The number of carbonyl (C=O) groups excluding carboxylic acids is 6. The van der Waals surface area contributed by atoms with Crippen LogP contribution in [0, 0.1) is 5.92 Å². The number of esters is 6. The molecule has 3 unspecified atom stereocenters. The van der Waals surface area contributed by atoms with E-state index in [0.29, 0.717) is 34.2 Å². The molecule has 12 nitrogen and oxygen atoms in total. The number of unbranched alkanes of at least 4 members (excludes halogenated alkanes) is 1. The van der Waals surface area contributed by atoms with Gasteiger partial charge < -0.3 is 28.4 Å². The van der Waals surface area contributed by atoms with Crippen LogP contribution in [0.4, 0.5) is 0 Å². The number of ether oxygens (including phenoxy) is 6. The first-order valence-corrected chi connectivity index (χ1v) is 21.7. The standard InChI is InChI=1S/C32H36O6.C21H22O6/c1-3-5-15-25(4-2)22-32(38-31(35)28-20-13-8-14-21-28,23-36-29(33)26-16-9-6-10-17-26)24-37-30(34)27-18-11-7-12-19-27;1-15(26-16(2)22)21(3,27-20(24)18-12-8-5-9-13-18)14-25-19(23)17-10-6-4-7-11-17/h6-14,16-21,25H,3-5,15,22-24H2,1-2H3;4-13,15H,14H2,1-3H3. The summed E-state index contributed by atoms with van der Waals surface area (Å²) in [6, 6.07) is 42.7. The fraction of sp³-hybridized carbons (Fsp3) is 0.321. The van der Waals surface area contributed by atoms with Crippen LogP contribution in [0.2, 0.25) is 0 Å². The Kier molecular flexibility index (Phi) is 20.1. The molecule has 0 saturated carbocycles. The van der Waals surface area contributed by atoms with Crippen LogP contribution < -0.4 is 0 Å². The van der Waals surface area contributed by atoms with Gasteiger partial charge in [0.15, 0.2) is 11.2 Å². The van der Waals surface area contributed by atoms with Crippen molar-refractivity contribution in [1.29, 1.82) is 0 Å². The molecule has 5 aromatic carbocycles. The first-order valence-electron chi connectivity index (χ1n) is 21.7. The molecule has 12 heteroatoms. The Bertz CT molecular complexity index is 2190. The Morgan fingerprint density at radius 2 is 0.831 bits per heavy atom. The zero-order chi connectivity index (χ0) is 47.1. The third kappa shape index (κ3) is 16.5. The first kappa shape index (κ1) is 50.6. The lowest BCUT2D eigenvalue weighted by Crippen LogP contribution is -2.48. The van der Waals surface area contributed by atoms with Gasteiger partial charge >= 0.3 is 35.8 Å². The van der Waals surface area contributed by atoms with Crippen molar-refractivity contribution in [2.24, 2.45) is 5.92 Å². The monoisotopic (exact) mass is 886 g/mol. The van der Waals surface area contributed by atoms with E-state index in [1.54, 1.807) is 147 Å². The Labute approximate surface area is 381 Å². The molecule has 0 aliphatic heterocycles. The molecule has 65 heavy (non-hydrogen) atoms. The molecule has 0 aliphatic rings. The zero-order valence-corrected chi connectivity index (χ0v) is 37.6. The van der Waals surface area contributed by atoms with Crippen molar-refractivity contribution in [2.75, 3.05) is 19.8 Å². The molecule has 3 atom stereocenters. The van der Waals surface area contributed by atoms with E-state index in [-0.39, 0.29) is 25.7 Å². The van der Waals surface area contributed by atoms with E-state index in [1.807, 2.05) is 18.2 Å². The van der Waals surface area contributed by atoms with Crippen LogP contribution in [0.5, 0.6) is 0 Å². The van der Waals surface area contributed by atoms with Gasteiger partial charge in [-0.15, -0.1) is 0 Å². The molecule has 0 aromatic heterocycles. The first-order chi connectivity index (χ1) is 31.3. The van der Waals surface area contributed by atoms with Crippen molar-refractivity contribution in [3.63, 3.8) is 0 Å². The second-order valence-electron chi connectivity index (χ2n) is 15.7. The van der Waals surface area contributed by atoms with Crippen molar-refractivity contribution < 1.29 is 57.2 Å². The molecule has 0 saturated heterocycles. The van der Waals surface area contributed by atoms with Crippen molar-refractivity contribution >= 4 is 35.8 Å². The highest BCUT2D eigenvalue weighted by Crippen LogP contribution is 2.31. The van der Waals surface area contributed by atoms with Gasteiger partial charge in [0.25, 0.3) is 0 Å². The number of rotatable bonds is 21. The summed E-state index contributed by atoms with van der Waals surface area (Å²) < 4.78 is 33.6. The van der Waals surface area contributed by atoms with Gasteiger partial charge in [-0.3, -0.25) is 4.79 Å². The lowest BCUT2D eigenvalue weighted by molar-refractivity contribution is -0.164. The summed E-state index contributed by atoms with van der Waals surface area (Å²) in [6.07, 6.45) is 3.34. The van der Waals surface area contributed by atoms with Crippen LogP contribution in [0.25, 0.3) is 0 Å². The lowest BCUT2D eigenvalue weighted by Gasteiger charge is -2.35. The van der Waals surface area contributed by atoms with E-state index in [1.165, 1.54) is 6.92 Å². The smallest absolute Gasteiger partial charge is 0.338 e. The molecule has 342 valence electrons. The summed E-state index contributed by atoms with van der Waals surface area (Å²) in [5.74, 6) is -3.17. The molecular formula is C53H58O12. The average molecular weight is 887 g/mol. The number of benzene rings is 5. The quantitative estimate of drug-likeness (QED) is 0.0508. The molecule has 0 amide bonds. The van der Waals surface area contributed by atoms with Gasteiger partial charge in [0.1, 0.15) is 25.9 Å². The largest absolute Gasteiger partial charge is 0.458 e. The molecular weight excluding hydrogens is 829 g/mol. The third-order valence-electron chi connectivity index (χ3n) is 10.5. The third-order valence-corrected chi connectivity index (χ3v) is 10.5. The molecule has 0 fully saturated rings. The highest BCUT2D eigenvalue weighted by Gasteiger charge is 2.41. The topological polar surface area (TPSA) is 158 Å². The molecule has 0 heterocycles. The molecule has 0 bridgehead atoms. The van der Waals surface area contributed by atoms with E-state index in [2.05, 4.69) is 13.8 Å². The van der Waals surface area contributed by atoms with Crippen LogP contribution >= 0.6 is 0 Å². The van der Waals surface area contributed by atoms with Gasteiger partial charge in [0, 0.05) is 6.92 Å². The Morgan fingerprint density at radius 3 is 1.17 bits per heavy atom. The van der Waals surface area contributed by atoms with E-state index >= 15 is 0 Å². The van der Waals surface area contributed by atoms with Crippen molar-refractivity contribution in [2.45, 2.75) is 84.0 Å². The van der Waals surface area contributed by atoms with Gasteiger partial charge in [-0.2, -0.15) is 0 Å². The lowest BCUT2D eigenvalue weighted by atomic mass is 9.86. The Hall–Kier alpha value is -7.08. The normalized spacial score (nSPS) is 12.6. The van der Waals surface area contributed by atoms with Gasteiger partial charge in [0.2, 0.25) is 0 Å². The van der Waals surface area contributed by atoms with Crippen molar-refractivity contribution in [3.05, 3.63) is 179 Å². The van der Waals surface area contributed by atoms with Crippen LogP contribution in [0.3, 0.4) is 0 Å². The van der Waals surface area contributed by atoms with Crippen LogP contribution in [-0.4, -0.2) is 72.9 Å². The molecule has 0 spiro atoms. The molecule has 5 aromatic rings. The second-order valence-corrected chi connectivity index (χ2v) is 15.7. The summed E-state index contributed by atoms with van der Waals surface area (Å²) in [5.41, 5.74) is -0.880. The summed E-state index contributed by atoms with van der Waals surface area (Å²) in [5, 5.41) is 0. The summed E-state index contributed by atoms with van der Waals surface area (Å²) in [4.78, 5) is 75.0. The van der Waals surface area contributed by atoms with Crippen molar-refractivity contribution in [1.82, 2.24) is 0 Å². The predicted octanol–water partition coefficient (Wildman–Crippen LogP) is 10.3. The highest BCUT2D eigenvalue weighted by molar-refractivity contribution is 5.92. The minimum atomic E-state index is -1.36. The molecule has 0 radical (unpaired) electrons. The zero-order valence-electron chi connectivity index (χ0n) is 37.6. The summed E-state index contributed by atoms with van der Waals surface area (Å²) in [7, 11) is 0. The van der Waals surface area contributed by atoms with Crippen molar-refractivity contribution in [3.8, 4) is 0 Å². The van der Waals surface area contributed by atoms with Gasteiger partial charge in [0.05, 0.1) is 27.8 Å². The highest BCUT2D eigenvalue weighted by atomic mass is 16.6. The molecule has 0 aliphatic carbocycles. The average Bonchev–Trinajstić information content (AvgIpc) is 3.34. The maximum atomic E-state index is 13.3. The number of hydrogen-bond donors (Lipinski definition) is 0. The van der Waals surface area contributed by atoms with E-state index in [9.17, 15) is 28.8 Å². The minimum absolute atomic E-state index is 0.171. The number of hydrogen-bond acceptors (Lipinski definition) is 12. The maximum Gasteiger partial charge on any atom is 0.338 e. The number of carbonyl (C=O) groups is 6. The molecule has 0 N–H and O–H groups in total. The second kappa shape index (κ2) is 25.9.